The number of esters is 1. The van der Waals surface area contributed by atoms with Crippen LogP contribution in [-0.4, -0.2) is 55.0 Å². The van der Waals surface area contributed by atoms with Gasteiger partial charge < -0.3 is 15.0 Å². The van der Waals surface area contributed by atoms with Crippen molar-refractivity contribution in [2.24, 2.45) is 5.41 Å². The van der Waals surface area contributed by atoms with Crippen molar-refractivity contribution in [3.63, 3.8) is 0 Å². The van der Waals surface area contributed by atoms with Crippen LogP contribution in [0.1, 0.15) is 33.6 Å². The Morgan fingerprint density at radius 2 is 1.87 bits per heavy atom. The van der Waals surface area contributed by atoms with E-state index in [1.54, 1.807) is 20.8 Å². The summed E-state index contributed by atoms with van der Waals surface area (Å²) < 4.78 is 57.7. The first-order chi connectivity index (χ1) is 10.3. The molecular weight excluding hydrogens is 320 g/mol. The summed E-state index contributed by atoms with van der Waals surface area (Å²) in [5.74, 6) is -1.13. The van der Waals surface area contributed by atoms with Crippen molar-refractivity contribution in [2.45, 2.75) is 51.5 Å². The topological polar surface area (TPSA) is 58.6 Å². The van der Waals surface area contributed by atoms with Gasteiger partial charge in [0.15, 0.2) is 0 Å². The third kappa shape index (κ3) is 5.24. The summed E-state index contributed by atoms with van der Waals surface area (Å²) in [5.41, 5.74) is -3.03. The number of rotatable bonds is 3. The predicted molar refractivity (Wildman–Crippen MR) is 74.5 cm³/mol. The van der Waals surface area contributed by atoms with Crippen LogP contribution in [0, 0.1) is 5.41 Å². The first-order valence-electron chi connectivity index (χ1n) is 7.18. The van der Waals surface area contributed by atoms with Crippen molar-refractivity contribution in [3.05, 3.63) is 0 Å². The highest BCUT2D eigenvalue weighted by Crippen LogP contribution is 2.32. The van der Waals surface area contributed by atoms with E-state index >= 15 is 0 Å². The lowest BCUT2D eigenvalue weighted by atomic mass is 9.88. The average molecular weight is 342 g/mol. The first kappa shape index (κ1) is 19.5. The van der Waals surface area contributed by atoms with Crippen LogP contribution in [0.2, 0.25) is 0 Å². The summed E-state index contributed by atoms with van der Waals surface area (Å²) in [7, 11) is 1.01. The molecule has 2 unspecified atom stereocenters. The minimum atomic E-state index is -4.61. The highest BCUT2D eigenvalue weighted by Gasteiger charge is 2.49. The molecule has 0 aliphatic carbocycles. The van der Waals surface area contributed by atoms with E-state index < -0.39 is 41.8 Å². The molecular formula is C14H22F4N2O3. The van der Waals surface area contributed by atoms with Crippen molar-refractivity contribution in [2.75, 3.05) is 20.2 Å². The Bertz CT molecular complexity index is 462. The predicted octanol–water partition coefficient (Wildman–Crippen LogP) is 2.65. The smallest absolute Gasteiger partial charge is 0.408 e. The van der Waals surface area contributed by atoms with Gasteiger partial charge in [-0.25, -0.2) is 14.0 Å². The number of urea groups is 1. The van der Waals surface area contributed by atoms with E-state index in [2.05, 4.69) is 4.74 Å². The molecule has 0 radical (unpaired) electrons. The Hall–Kier alpha value is -1.54. The van der Waals surface area contributed by atoms with Gasteiger partial charge in [-0.3, -0.25) is 0 Å². The highest BCUT2D eigenvalue weighted by atomic mass is 19.4. The van der Waals surface area contributed by atoms with Crippen LogP contribution in [0.25, 0.3) is 0 Å². The van der Waals surface area contributed by atoms with Crippen molar-refractivity contribution in [3.8, 4) is 0 Å². The van der Waals surface area contributed by atoms with Crippen LogP contribution in [0.3, 0.4) is 0 Å². The van der Waals surface area contributed by atoms with E-state index in [1.165, 1.54) is 0 Å². The third-order valence-electron chi connectivity index (χ3n) is 3.57. The van der Waals surface area contributed by atoms with Gasteiger partial charge in [0, 0.05) is 13.0 Å². The van der Waals surface area contributed by atoms with Gasteiger partial charge in [0.1, 0.15) is 6.04 Å². The van der Waals surface area contributed by atoms with Crippen LogP contribution >= 0.6 is 0 Å². The lowest BCUT2D eigenvalue weighted by molar-refractivity contribution is -0.160. The summed E-state index contributed by atoms with van der Waals surface area (Å²) in [6, 6.07) is -3.08. The molecule has 0 aromatic carbocycles. The van der Waals surface area contributed by atoms with Gasteiger partial charge in [-0.1, -0.05) is 20.8 Å². The molecule has 2 amide bonds. The summed E-state index contributed by atoms with van der Waals surface area (Å²) >= 11 is 0. The van der Waals surface area contributed by atoms with Crippen LogP contribution in [-0.2, 0) is 9.53 Å². The maximum Gasteiger partial charge on any atom is 0.408 e. The second-order valence-electron chi connectivity index (χ2n) is 6.94. The van der Waals surface area contributed by atoms with Gasteiger partial charge in [0.05, 0.1) is 13.7 Å². The van der Waals surface area contributed by atoms with Crippen LogP contribution in [0.15, 0.2) is 0 Å². The van der Waals surface area contributed by atoms with Gasteiger partial charge in [-0.05, 0) is 11.8 Å². The van der Waals surface area contributed by atoms with Crippen molar-refractivity contribution >= 4 is 12.0 Å². The zero-order valence-electron chi connectivity index (χ0n) is 13.6. The fraction of sp³-hybridized carbons (Fsp3) is 0.857. The molecule has 1 fully saturated rings. The number of alkyl halides is 4. The second-order valence-corrected chi connectivity index (χ2v) is 6.94. The molecule has 1 saturated heterocycles. The van der Waals surface area contributed by atoms with E-state index in [-0.39, 0.29) is 19.4 Å². The zero-order valence-corrected chi connectivity index (χ0v) is 13.6. The molecule has 1 aliphatic rings. The molecule has 1 heterocycles. The van der Waals surface area contributed by atoms with E-state index in [4.69, 9.17) is 0 Å². The molecule has 0 bridgehead atoms. The Labute approximate surface area is 132 Å². The number of methoxy groups -OCH3 is 1. The van der Waals surface area contributed by atoms with Crippen molar-refractivity contribution in [1.82, 2.24) is 10.2 Å². The zero-order chi connectivity index (χ0) is 18.1. The molecule has 134 valence electrons. The van der Waals surface area contributed by atoms with E-state index in [0.717, 1.165) is 12.0 Å². The maximum absolute atomic E-state index is 14.2. The largest absolute Gasteiger partial charge is 0.467 e. The first-order valence-corrected chi connectivity index (χ1v) is 7.18. The molecule has 5 nitrogen and oxygen atoms in total. The van der Waals surface area contributed by atoms with Gasteiger partial charge in [0.2, 0.25) is 5.67 Å². The molecule has 2 atom stereocenters. The Morgan fingerprint density at radius 3 is 2.30 bits per heavy atom. The molecule has 0 aromatic heterocycles. The van der Waals surface area contributed by atoms with E-state index in [9.17, 15) is 27.2 Å². The fourth-order valence-corrected chi connectivity index (χ4v) is 2.40. The van der Waals surface area contributed by atoms with Gasteiger partial charge in [-0.2, -0.15) is 13.2 Å². The summed E-state index contributed by atoms with van der Waals surface area (Å²) in [5, 5.41) is 1.89. The van der Waals surface area contributed by atoms with Gasteiger partial charge >= 0.3 is 18.2 Å². The molecule has 9 heteroatoms. The summed E-state index contributed by atoms with van der Waals surface area (Å²) in [6.07, 6.45) is -5.23. The van der Waals surface area contributed by atoms with E-state index in [0.29, 0.717) is 0 Å². The second kappa shape index (κ2) is 6.52. The number of likely N-dealkylation sites (tertiary alicyclic amines) is 1. The van der Waals surface area contributed by atoms with Crippen molar-refractivity contribution < 1.29 is 31.9 Å². The van der Waals surface area contributed by atoms with Crippen LogP contribution < -0.4 is 5.32 Å². The number of halogens is 4. The van der Waals surface area contributed by atoms with Crippen molar-refractivity contribution in [1.29, 1.82) is 0 Å². The molecule has 1 aliphatic heterocycles. The number of ether oxygens (including phenoxy) is 1. The SMILES string of the molecule is COC(=O)C1(F)CCN(C(=O)NC(CC(C)(C)C)C(F)(F)F)C1. The molecule has 0 aromatic rings. The summed E-state index contributed by atoms with van der Waals surface area (Å²) in [6.45, 7) is 4.09. The lowest BCUT2D eigenvalue weighted by Crippen LogP contribution is -2.52. The number of carbonyl (C=O) groups excluding carboxylic acids is 2. The standard InChI is InChI=1S/C14H22F4N2O3/c1-12(2,3)7-9(14(16,17)18)19-11(22)20-6-5-13(15,8-20)10(21)23-4/h9H,5-8H2,1-4H3,(H,19,22). The maximum atomic E-state index is 14.2. The highest BCUT2D eigenvalue weighted by molar-refractivity contribution is 5.83. The number of hydrogen-bond acceptors (Lipinski definition) is 3. The normalized spacial score (nSPS) is 23.6. The Kier molecular flexibility index (Phi) is 5.53. The number of amides is 2. The number of nitrogens with zero attached hydrogens (tertiary/aromatic N) is 1. The lowest BCUT2D eigenvalue weighted by Gasteiger charge is -2.30. The van der Waals surface area contributed by atoms with Crippen LogP contribution in [0.5, 0.6) is 0 Å². The molecule has 23 heavy (non-hydrogen) atoms. The monoisotopic (exact) mass is 342 g/mol. The minimum Gasteiger partial charge on any atom is -0.467 e. The number of hydrogen-bond donors (Lipinski definition) is 1. The van der Waals surface area contributed by atoms with E-state index in [1.807, 2.05) is 5.32 Å². The summed E-state index contributed by atoms with van der Waals surface area (Å²) in [4.78, 5) is 24.2. The average Bonchev–Trinajstić information content (AvgIpc) is 2.78. The van der Waals surface area contributed by atoms with Crippen LogP contribution in [0.4, 0.5) is 22.4 Å². The number of carbonyl (C=O) groups is 2. The third-order valence-corrected chi connectivity index (χ3v) is 3.57. The molecule has 0 saturated carbocycles. The Balaban J connectivity index is 2.76. The van der Waals surface area contributed by atoms with Gasteiger partial charge in [-0.15, -0.1) is 0 Å². The number of nitrogens with one attached hydrogen (secondary N) is 1. The molecule has 0 spiro atoms. The molecule has 1 rings (SSSR count). The Morgan fingerprint density at radius 1 is 1.30 bits per heavy atom. The quantitative estimate of drug-likeness (QED) is 0.634. The molecule has 1 N–H and O–H groups in total. The van der Waals surface area contributed by atoms with Gasteiger partial charge in [0.25, 0.3) is 0 Å². The fourth-order valence-electron chi connectivity index (χ4n) is 2.40. The minimum absolute atomic E-state index is 0.155.